The maximum absolute atomic E-state index is 12.1. The third-order valence-corrected chi connectivity index (χ3v) is 6.26. The molecule has 0 bridgehead atoms. The summed E-state index contributed by atoms with van der Waals surface area (Å²) in [4.78, 5) is 16.6. The van der Waals surface area contributed by atoms with Gasteiger partial charge in [0.1, 0.15) is 11.5 Å². The van der Waals surface area contributed by atoms with Gasteiger partial charge in [-0.25, -0.2) is 10.4 Å². The fourth-order valence-corrected chi connectivity index (χ4v) is 4.66. The molecule has 0 aliphatic rings. The summed E-state index contributed by atoms with van der Waals surface area (Å²) >= 11 is 3.03. The van der Waals surface area contributed by atoms with Gasteiger partial charge >= 0.3 is 0 Å². The number of nitrogens with zero attached hydrogens (tertiary/aromatic N) is 2. The van der Waals surface area contributed by atoms with E-state index in [1.807, 2.05) is 50.2 Å². The number of aryl methyl sites for hydroxylation is 1. The highest BCUT2D eigenvalue weighted by Gasteiger charge is 2.25. The average molecular weight is 402 g/mol. The minimum atomic E-state index is -0.178. The lowest BCUT2D eigenvalue weighted by atomic mass is 9.85. The van der Waals surface area contributed by atoms with Crippen LogP contribution in [-0.4, -0.2) is 22.4 Å². The monoisotopic (exact) mass is 401 g/mol. The zero-order valence-corrected chi connectivity index (χ0v) is 17.5. The first-order valence-corrected chi connectivity index (χ1v) is 10.5. The van der Waals surface area contributed by atoms with Gasteiger partial charge in [0, 0.05) is 11.1 Å². The van der Waals surface area contributed by atoms with Crippen LogP contribution in [0, 0.1) is 6.92 Å². The number of furan rings is 1. The van der Waals surface area contributed by atoms with E-state index < -0.39 is 0 Å². The number of benzene rings is 1. The van der Waals surface area contributed by atoms with Gasteiger partial charge in [-0.15, -0.1) is 11.3 Å². The molecule has 0 aliphatic heterocycles. The normalized spacial score (nSPS) is 12.5. The quantitative estimate of drug-likeness (QED) is 0.338. The zero-order chi connectivity index (χ0) is 19.4. The minimum Gasteiger partial charge on any atom is -0.466 e. The van der Waals surface area contributed by atoms with Crippen LogP contribution in [0.5, 0.6) is 0 Å². The molecular weight excluding hydrogens is 378 g/mol. The van der Waals surface area contributed by atoms with Crippen LogP contribution in [0.15, 0.2) is 50.3 Å². The number of aromatic nitrogens is 1. The van der Waals surface area contributed by atoms with Gasteiger partial charge in [-0.1, -0.05) is 37.7 Å². The van der Waals surface area contributed by atoms with Crippen LogP contribution in [-0.2, 0) is 10.2 Å². The van der Waals surface area contributed by atoms with E-state index in [1.54, 1.807) is 11.3 Å². The van der Waals surface area contributed by atoms with E-state index in [0.717, 1.165) is 31.8 Å². The van der Waals surface area contributed by atoms with Gasteiger partial charge in [-0.2, -0.15) is 5.10 Å². The molecule has 0 unspecified atom stereocenters. The maximum Gasteiger partial charge on any atom is 0.250 e. The fourth-order valence-electron chi connectivity index (χ4n) is 2.79. The zero-order valence-electron chi connectivity index (χ0n) is 15.9. The number of thiazole rings is 1. The Labute approximate surface area is 167 Å². The molecule has 1 amide bonds. The number of amides is 1. The Morgan fingerprint density at radius 2 is 2.07 bits per heavy atom. The van der Waals surface area contributed by atoms with Crippen molar-refractivity contribution < 1.29 is 9.21 Å². The van der Waals surface area contributed by atoms with Crippen molar-refractivity contribution in [2.75, 3.05) is 5.75 Å². The molecule has 3 rings (SSSR count). The number of para-hydroxylation sites is 1. The molecule has 142 valence electrons. The van der Waals surface area contributed by atoms with E-state index in [4.69, 9.17) is 4.42 Å². The minimum absolute atomic E-state index is 0.134. The highest BCUT2D eigenvalue weighted by atomic mass is 32.2. The Kier molecular flexibility index (Phi) is 6.01. The van der Waals surface area contributed by atoms with Crippen molar-refractivity contribution in [3.05, 3.63) is 47.9 Å². The van der Waals surface area contributed by atoms with Crippen molar-refractivity contribution >= 4 is 44.9 Å². The Morgan fingerprint density at radius 1 is 1.30 bits per heavy atom. The number of hydrogen-bond donors (Lipinski definition) is 1. The van der Waals surface area contributed by atoms with Crippen LogP contribution >= 0.6 is 23.1 Å². The lowest BCUT2D eigenvalue weighted by Gasteiger charge is -2.21. The molecule has 0 aliphatic carbocycles. The first kappa shape index (κ1) is 19.6. The van der Waals surface area contributed by atoms with Crippen molar-refractivity contribution in [3.63, 3.8) is 0 Å². The molecule has 7 heteroatoms. The summed E-state index contributed by atoms with van der Waals surface area (Å²) in [5.74, 6) is 1.97. The topological polar surface area (TPSA) is 67.5 Å². The third-order valence-electron chi connectivity index (χ3n) is 4.08. The molecule has 0 radical (unpaired) electrons. The van der Waals surface area contributed by atoms with Crippen LogP contribution in [0.4, 0.5) is 0 Å². The molecular formula is C20H23N3O2S2. The summed E-state index contributed by atoms with van der Waals surface area (Å²) in [7, 11) is 0. The molecule has 27 heavy (non-hydrogen) atoms. The Morgan fingerprint density at radius 3 is 2.78 bits per heavy atom. The Hall–Kier alpha value is -2.12. The predicted octanol–water partition coefficient (Wildman–Crippen LogP) is 5.15. The Bertz CT molecular complexity index is 939. The van der Waals surface area contributed by atoms with Crippen molar-refractivity contribution in [2.45, 2.75) is 43.9 Å². The molecule has 0 saturated carbocycles. The van der Waals surface area contributed by atoms with Gasteiger partial charge in [0.15, 0.2) is 4.34 Å². The smallest absolute Gasteiger partial charge is 0.250 e. The molecule has 2 heterocycles. The van der Waals surface area contributed by atoms with Crippen molar-refractivity contribution in [2.24, 2.45) is 5.10 Å². The molecule has 5 nitrogen and oxygen atoms in total. The molecule has 0 spiro atoms. The van der Waals surface area contributed by atoms with Crippen LogP contribution in [0.3, 0.4) is 0 Å². The second-order valence-corrected chi connectivity index (χ2v) is 9.34. The van der Waals surface area contributed by atoms with Gasteiger partial charge < -0.3 is 4.42 Å². The number of thioether (sulfide) groups is 1. The van der Waals surface area contributed by atoms with E-state index in [-0.39, 0.29) is 17.1 Å². The first-order valence-electron chi connectivity index (χ1n) is 8.71. The first-order chi connectivity index (χ1) is 12.8. The summed E-state index contributed by atoms with van der Waals surface area (Å²) in [5.41, 5.74) is 4.28. The van der Waals surface area contributed by atoms with Crippen LogP contribution < -0.4 is 5.43 Å². The van der Waals surface area contributed by atoms with Gasteiger partial charge in [-0.3, -0.25) is 4.79 Å². The van der Waals surface area contributed by atoms with Gasteiger partial charge in [0.25, 0.3) is 5.91 Å². The lowest BCUT2D eigenvalue weighted by Crippen LogP contribution is -2.24. The average Bonchev–Trinajstić information content (AvgIpc) is 3.24. The van der Waals surface area contributed by atoms with Crippen molar-refractivity contribution in [1.29, 1.82) is 0 Å². The van der Waals surface area contributed by atoms with Crippen LogP contribution in [0.2, 0.25) is 0 Å². The molecule has 0 saturated heterocycles. The largest absolute Gasteiger partial charge is 0.466 e. The molecule has 1 aromatic carbocycles. The number of rotatable bonds is 7. The van der Waals surface area contributed by atoms with Gasteiger partial charge in [0.05, 0.1) is 16.0 Å². The highest BCUT2D eigenvalue weighted by Crippen LogP contribution is 2.30. The number of carbonyl (C=O) groups excluding carboxylic acids is 1. The third kappa shape index (κ3) is 5.20. The van der Waals surface area contributed by atoms with Crippen LogP contribution in [0.1, 0.15) is 38.7 Å². The number of carbonyl (C=O) groups is 1. The number of hydrazone groups is 1. The Balaban J connectivity index is 1.51. The molecule has 0 atom stereocenters. The van der Waals surface area contributed by atoms with Gasteiger partial charge in [-0.05, 0) is 44.5 Å². The second kappa shape index (κ2) is 8.27. The van der Waals surface area contributed by atoms with E-state index >= 15 is 0 Å². The second-order valence-electron chi connectivity index (χ2n) is 7.09. The standard InChI is InChI=1S/C20H23N3O2S2/c1-13(11-20(3,4)17-10-9-14(2)25-17)22-23-18(24)12-26-19-21-15-7-5-6-8-16(15)27-19/h5-10H,11-12H2,1-4H3,(H,23,24). The maximum atomic E-state index is 12.1. The number of nitrogens with one attached hydrogen (secondary N) is 1. The van der Waals surface area contributed by atoms with Crippen LogP contribution in [0.25, 0.3) is 10.2 Å². The summed E-state index contributed by atoms with van der Waals surface area (Å²) in [5, 5.41) is 4.24. The van der Waals surface area contributed by atoms with E-state index in [9.17, 15) is 4.79 Å². The highest BCUT2D eigenvalue weighted by molar-refractivity contribution is 8.01. The summed E-state index contributed by atoms with van der Waals surface area (Å²) in [6, 6.07) is 11.9. The summed E-state index contributed by atoms with van der Waals surface area (Å²) in [6.45, 7) is 8.06. The summed E-state index contributed by atoms with van der Waals surface area (Å²) < 4.78 is 7.76. The van der Waals surface area contributed by atoms with E-state index in [2.05, 4.69) is 29.4 Å². The SMILES string of the molecule is CC(CC(C)(C)c1ccc(C)o1)=NNC(=O)CSc1nc2ccccc2s1. The van der Waals surface area contributed by atoms with E-state index in [0.29, 0.717) is 6.42 Å². The fraction of sp³-hybridized carbons (Fsp3) is 0.350. The summed E-state index contributed by atoms with van der Waals surface area (Å²) in [6.07, 6.45) is 0.700. The molecule has 2 aromatic heterocycles. The number of hydrogen-bond acceptors (Lipinski definition) is 6. The molecule has 0 fully saturated rings. The molecule has 1 N–H and O–H groups in total. The van der Waals surface area contributed by atoms with Crippen molar-refractivity contribution in [3.8, 4) is 0 Å². The predicted molar refractivity (Wildman–Crippen MR) is 113 cm³/mol. The molecule has 3 aromatic rings. The lowest BCUT2D eigenvalue weighted by molar-refractivity contribution is -0.118. The van der Waals surface area contributed by atoms with Crippen molar-refractivity contribution in [1.82, 2.24) is 10.4 Å². The van der Waals surface area contributed by atoms with Gasteiger partial charge in [0.2, 0.25) is 0 Å². The van der Waals surface area contributed by atoms with E-state index in [1.165, 1.54) is 11.8 Å². The number of fused-ring (bicyclic) bond motifs is 1.